The van der Waals surface area contributed by atoms with E-state index in [2.05, 4.69) is 5.32 Å². The van der Waals surface area contributed by atoms with E-state index in [9.17, 15) is 9.59 Å². The summed E-state index contributed by atoms with van der Waals surface area (Å²) in [7, 11) is 1.61. The van der Waals surface area contributed by atoms with E-state index in [-0.39, 0.29) is 36.1 Å². The van der Waals surface area contributed by atoms with Crippen LogP contribution in [0.2, 0.25) is 5.02 Å². The van der Waals surface area contributed by atoms with Crippen LogP contribution < -0.4 is 14.8 Å². The lowest BCUT2D eigenvalue weighted by atomic mass is 9.73. The minimum absolute atomic E-state index is 0.0305. The molecule has 31 heavy (non-hydrogen) atoms. The van der Waals surface area contributed by atoms with Crippen molar-refractivity contribution in [1.82, 2.24) is 5.32 Å². The number of methoxy groups -OCH3 is 1. The molecule has 1 amide bonds. The third-order valence-electron chi connectivity index (χ3n) is 5.84. The Labute approximate surface area is 187 Å². The number of carbonyl (C=O) groups excluding carboxylic acids is 2. The van der Waals surface area contributed by atoms with Crippen molar-refractivity contribution < 1.29 is 19.1 Å². The number of carbonyl (C=O) groups is 2. The SMILES string of the molecule is COc1cc([C@H]2CC(=O)C3=C(C2)NC(=O)C[C@H]3c2ccccc2Cl)ccc1OC(C)C. The molecule has 0 saturated carbocycles. The molecule has 2 aliphatic rings. The maximum absolute atomic E-state index is 13.3. The Morgan fingerprint density at radius 1 is 1.03 bits per heavy atom. The molecule has 2 atom stereocenters. The van der Waals surface area contributed by atoms with Crippen molar-refractivity contribution in [2.24, 2.45) is 0 Å². The van der Waals surface area contributed by atoms with E-state index in [0.717, 1.165) is 11.1 Å². The highest BCUT2D eigenvalue weighted by Crippen LogP contribution is 2.45. The summed E-state index contributed by atoms with van der Waals surface area (Å²) >= 11 is 6.40. The summed E-state index contributed by atoms with van der Waals surface area (Å²) in [6.45, 7) is 3.92. The fourth-order valence-corrected chi connectivity index (χ4v) is 4.78. The molecule has 0 saturated heterocycles. The lowest BCUT2D eigenvalue weighted by molar-refractivity contribution is -0.122. The van der Waals surface area contributed by atoms with Gasteiger partial charge in [-0.2, -0.15) is 0 Å². The Kier molecular flexibility index (Phi) is 6.05. The van der Waals surface area contributed by atoms with Gasteiger partial charge in [-0.1, -0.05) is 35.9 Å². The molecule has 1 aliphatic heterocycles. The van der Waals surface area contributed by atoms with Crippen LogP contribution in [-0.4, -0.2) is 24.9 Å². The number of rotatable bonds is 5. The lowest BCUT2D eigenvalue weighted by Gasteiger charge is -2.35. The minimum atomic E-state index is -0.303. The number of nitrogens with one attached hydrogen (secondary N) is 1. The Morgan fingerprint density at radius 3 is 2.52 bits per heavy atom. The van der Waals surface area contributed by atoms with Gasteiger partial charge in [0.2, 0.25) is 5.91 Å². The third kappa shape index (κ3) is 4.33. The fourth-order valence-electron chi connectivity index (χ4n) is 4.51. The summed E-state index contributed by atoms with van der Waals surface area (Å²) in [5.41, 5.74) is 3.22. The maximum atomic E-state index is 13.3. The second kappa shape index (κ2) is 8.75. The summed E-state index contributed by atoms with van der Waals surface area (Å²) in [5.74, 6) is 0.932. The number of ketones is 1. The molecular weight excluding hydrogens is 414 g/mol. The maximum Gasteiger partial charge on any atom is 0.225 e. The standard InChI is InChI=1S/C25H26ClNO4/c1-14(2)31-22-9-8-15(12-23(22)30-3)16-10-20-25(21(28)11-16)18(13-24(29)27-20)17-6-4-5-7-19(17)26/h4-9,12,14,16,18H,10-11,13H2,1-3H3,(H,27,29)/t16-,18+/m1/s1. The number of ether oxygens (including phenoxy) is 2. The van der Waals surface area contributed by atoms with Crippen molar-refractivity contribution in [2.75, 3.05) is 7.11 Å². The summed E-state index contributed by atoms with van der Waals surface area (Å²) < 4.78 is 11.3. The van der Waals surface area contributed by atoms with Crippen LogP contribution in [0, 0.1) is 0 Å². The number of hydrogen-bond acceptors (Lipinski definition) is 4. The van der Waals surface area contributed by atoms with Crippen LogP contribution in [0.5, 0.6) is 11.5 Å². The van der Waals surface area contributed by atoms with E-state index >= 15 is 0 Å². The van der Waals surface area contributed by atoms with Crippen LogP contribution in [0.15, 0.2) is 53.7 Å². The lowest BCUT2D eigenvalue weighted by Crippen LogP contribution is -2.38. The van der Waals surface area contributed by atoms with Crippen molar-refractivity contribution >= 4 is 23.3 Å². The average Bonchev–Trinajstić information content (AvgIpc) is 2.73. The molecule has 6 heteroatoms. The molecule has 0 spiro atoms. The largest absolute Gasteiger partial charge is 0.493 e. The molecule has 0 unspecified atom stereocenters. The van der Waals surface area contributed by atoms with E-state index in [4.69, 9.17) is 21.1 Å². The Hall–Kier alpha value is -2.79. The van der Waals surface area contributed by atoms with Gasteiger partial charge in [0, 0.05) is 35.1 Å². The zero-order valence-corrected chi connectivity index (χ0v) is 18.7. The van der Waals surface area contributed by atoms with Gasteiger partial charge in [-0.3, -0.25) is 9.59 Å². The number of amides is 1. The zero-order valence-electron chi connectivity index (χ0n) is 17.9. The fraction of sp³-hybridized carbons (Fsp3) is 0.360. The number of benzene rings is 2. The number of hydrogen-bond donors (Lipinski definition) is 1. The van der Waals surface area contributed by atoms with Gasteiger partial charge >= 0.3 is 0 Å². The van der Waals surface area contributed by atoms with Gasteiger partial charge in [0.05, 0.1) is 13.2 Å². The van der Waals surface area contributed by atoms with Crippen LogP contribution >= 0.6 is 11.6 Å². The third-order valence-corrected chi connectivity index (χ3v) is 6.18. The Bertz CT molecular complexity index is 1060. The minimum Gasteiger partial charge on any atom is -0.493 e. The van der Waals surface area contributed by atoms with Gasteiger partial charge in [0.25, 0.3) is 0 Å². The average molecular weight is 440 g/mol. The van der Waals surface area contributed by atoms with Gasteiger partial charge in [-0.15, -0.1) is 0 Å². The van der Waals surface area contributed by atoms with Crippen molar-refractivity contribution in [3.63, 3.8) is 0 Å². The molecule has 162 valence electrons. The molecule has 4 rings (SSSR count). The molecule has 0 fully saturated rings. The molecule has 0 aromatic heterocycles. The van der Waals surface area contributed by atoms with Gasteiger partial charge < -0.3 is 14.8 Å². The van der Waals surface area contributed by atoms with Crippen LogP contribution in [0.25, 0.3) is 0 Å². The summed E-state index contributed by atoms with van der Waals surface area (Å²) in [5, 5.41) is 3.53. The second-order valence-electron chi connectivity index (χ2n) is 8.32. The molecule has 1 N–H and O–H groups in total. The second-order valence-corrected chi connectivity index (χ2v) is 8.73. The predicted octanol–water partition coefficient (Wildman–Crippen LogP) is 5.14. The molecule has 2 aromatic carbocycles. The number of allylic oxidation sites excluding steroid dienone is 2. The van der Waals surface area contributed by atoms with Gasteiger partial charge in [0.1, 0.15) is 0 Å². The molecule has 2 aromatic rings. The van der Waals surface area contributed by atoms with Crippen LogP contribution in [0.3, 0.4) is 0 Å². The van der Waals surface area contributed by atoms with Crippen molar-refractivity contribution in [3.8, 4) is 11.5 Å². The highest BCUT2D eigenvalue weighted by molar-refractivity contribution is 6.31. The van der Waals surface area contributed by atoms with Crippen LogP contribution in [-0.2, 0) is 9.59 Å². The van der Waals surface area contributed by atoms with E-state index in [1.807, 2.05) is 50.2 Å². The molecule has 1 aliphatic carbocycles. The van der Waals surface area contributed by atoms with Gasteiger partial charge in [0.15, 0.2) is 17.3 Å². The van der Waals surface area contributed by atoms with E-state index < -0.39 is 0 Å². The monoisotopic (exact) mass is 439 g/mol. The van der Waals surface area contributed by atoms with Crippen molar-refractivity contribution in [1.29, 1.82) is 0 Å². The molecule has 0 radical (unpaired) electrons. The molecule has 1 heterocycles. The molecular formula is C25H26ClNO4. The van der Waals surface area contributed by atoms with E-state index in [1.54, 1.807) is 13.2 Å². The highest BCUT2D eigenvalue weighted by Gasteiger charge is 2.39. The van der Waals surface area contributed by atoms with Crippen LogP contribution in [0.1, 0.15) is 56.1 Å². The topological polar surface area (TPSA) is 64.6 Å². The summed E-state index contributed by atoms with van der Waals surface area (Å²) in [6, 6.07) is 13.2. The number of halogens is 1. The van der Waals surface area contributed by atoms with Gasteiger partial charge in [-0.05, 0) is 55.5 Å². The van der Waals surface area contributed by atoms with Crippen molar-refractivity contribution in [2.45, 2.75) is 51.0 Å². The van der Waals surface area contributed by atoms with E-state index in [0.29, 0.717) is 40.6 Å². The van der Waals surface area contributed by atoms with E-state index in [1.165, 1.54) is 0 Å². The van der Waals surface area contributed by atoms with Gasteiger partial charge in [-0.25, -0.2) is 0 Å². The Balaban J connectivity index is 1.67. The Morgan fingerprint density at radius 2 is 1.81 bits per heavy atom. The first kappa shape index (κ1) is 21.4. The number of Topliss-reactive ketones (excluding diaryl/α,β-unsaturated/α-hetero) is 1. The quantitative estimate of drug-likeness (QED) is 0.700. The normalized spacial score (nSPS) is 21.1. The predicted molar refractivity (Wildman–Crippen MR) is 120 cm³/mol. The first-order valence-corrected chi connectivity index (χ1v) is 10.9. The zero-order chi connectivity index (χ0) is 22.1. The molecule has 5 nitrogen and oxygen atoms in total. The first-order valence-electron chi connectivity index (χ1n) is 10.5. The highest BCUT2D eigenvalue weighted by atomic mass is 35.5. The summed E-state index contributed by atoms with van der Waals surface area (Å²) in [6.07, 6.45) is 1.22. The van der Waals surface area contributed by atoms with Crippen LogP contribution in [0.4, 0.5) is 0 Å². The summed E-state index contributed by atoms with van der Waals surface area (Å²) in [4.78, 5) is 25.7. The van der Waals surface area contributed by atoms with Crippen molar-refractivity contribution in [3.05, 3.63) is 69.9 Å². The molecule has 0 bridgehead atoms. The smallest absolute Gasteiger partial charge is 0.225 e. The first-order chi connectivity index (χ1) is 14.9.